The third kappa shape index (κ3) is 6.27. The summed E-state index contributed by atoms with van der Waals surface area (Å²) < 4.78 is 0. The molecule has 31 heavy (non-hydrogen) atoms. The van der Waals surface area contributed by atoms with Crippen LogP contribution in [0.5, 0.6) is 0 Å². The summed E-state index contributed by atoms with van der Waals surface area (Å²) in [6.07, 6.45) is 21.5. The molecular formula is C27H40N2O2. The van der Waals surface area contributed by atoms with E-state index in [1.54, 1.807) is 5.57 Å². The van der Waals surface area contributed by atoms with Crippen molar-refractivity contribution in [3.8, 4) is 0 Å². The van der Waals surface area contributed by atoms with Gasteiger partial charge in [-0.15, -0.1) is 0 Å². The summed E-state index contributed by atoms with van der Waals surface area (Å²) in [5.41, 5.74) is 2.89. The van der Waals surface area contributed by atoms with E-state index in [9.17, 15) is 10.2 Å². The molecule has 1 aromatic heterocycles. The minimum absolute atomic E-state index is 0.215. The molecule has 0 spiro atoms. The predicted molar refractivity (Wildman–Crippen MR) is 125 cm³/mol. The number of unbranched alkanes of at least 4 members (excludes halogenated alkanes) is 2. The van der Waals surface area contributed by atoms with Crippen molar-refractivity contribution in [2.45, 2.75) is 83.0 Å². The highest BCUT2D eigenvalue weighted by atomic mass is 16.3. The lowest BCUT2D eigenvalue weighted by Crippen LogP contribution is -2.20. The molecule has 1 aromatic rings. The minimum atomic E-state index is -0.324. The number of hydrogen-bond acceptors (Lipinski definition) is 4. The molecule has 2 saturated carbocycles. The molecule has 0 radical (unpaired) electrons. The number of nitrogens with one attached hydrogen (secondary N) is 1. The molecule has 3 aliphatic rings. The highest BCUT2D eigenvalue weighted by Crippen LogP contribution is 2.48. The molecule has 0 bridgehead atoms. The SMILES string of the molecule is O[C@H](/C=C/[C@@H]1[C@H]2CC(CCCCCNCc3ccncc3)=C[C@H]2C[C@H]1O)C1CCCC1. The highest BCUT2D eigenvalue weighted by molar-refractivity contribution is 5.21. The molecule has 2 fully saturated rings. The van der Waals surface area contributed by atoms with Crippen molar-refractivity contribution in [3.05, 3.63) is 53.9 Å². The summed E-state index contributed by atoms with van der Waals surface area (Å²) in [6, 6.07) is 4.12. The number of allylic oxidation sites excluding steroid dienone is 2. The van der Waals surface area contributed by atoms with Gasteiger partial charge in [0.2, 0.25) is 0 Å². The normalized spacial score (nSPS) is 29.5. The molecule has 1 heterocycles. The summed E-state index contributed by atoms with van der Waals surface area (Å²) in [7, 11) is 0. The van der Waals surface area contributed by atoms with Crippen molar-refractivity contribution in [2.24, 2.45) is 23.7 Å². The zero-order valence-electron chi connectivity index (χ0n) is 18.8. The molecule has 0 aromatic carbocycles. The van der Waals surface area contributed by atoms with Crippen LogP contribution in [-0.4, -0.2) is 33.9 Å². The van der Waals surface area contributed by atoms with Gasteiger partial charge in [0.25, 0.3) is 0 Å². The van der Waals surface area contributed by atoms with Gasteiger partial charge in [0.15, 0.2) is 0 Å². The first-order valence-corrected chi connectivity index (χ1v) is 12.5. The Labute approximate surface area is 187 Å². The zero-order valence-corrected chi connectivity index (χ0v) is 18.8. The third-order valence-corrected chi connectivity index (χ3v) is 7.79. The Balaban J connectivity index is 1.13. The minimum Gasteiger partial charge on any atom is -0.392 e. The first-order chi connectivity index (χ1) is 15.2. The maximum atomic E-state index is 10.6. The lowest BCUT2D eigenvalue weighted by Gasteiger charge is -2.20. The fraction of sp³-hybridized carbons (Fsp3) is 0.667. The van der Waals surface area contributed by atoms with Crippen LogP contribution < -0.4 is 5.32 Å². The molecule has 0 saturated heterocycles. The Hall–Kier alpha value is -1.49. The number of hydrogen-bond donors (Lipinski definition) is 3. The van der Waals surface area contributed by atoms with Crippen molar-refractivity contribution in [2.75, 3.05) is 6.54 Å². The van der Waals surface area contributed by atoms with E-state index in [1.807, 2.05) is 18.5 Å². The van der Waals surface area contributed by atoms with E-state index in [0.29, 0.717) is 17.8 Å². The molecule has 0 aliphatic heterocycles. The molecule has 0 amide bonds. The van der Waals surface area contributed by atoms with E-state index in [4.69, 9.17) is 0 Å². The molecular weight excluding hydrogens is 384 g/mol. The van der Waals surface area contributed by atoms with Crippen molar-refractivity contribution < 1.29 is 10.2 Å². The van der Waals surface area contributed by atoms with E-state index in [-0.39, 0.29) is 18.1 Å². The topological polar surface area (TPSA) is 65.4 Å². The van der Waals surface area contributed by atoms with Gasteiger partial charge in [0.05, 0.1) is 12.2 Å². The van der Waals surface area contributed by atoms with Crippen LogP contribution in [0.2, 0.25) is 0 Å². The Kier molecular flexibility index (Phi) is 8.34. The monoisotopic (exact) mass is 424 g/mol. The standard InChI is InChI=1S/C27H40N2O2/c30-26(22-7-3-4-8-22)10-9-24-25-17-21(16-23(25)18-27(24)31)6-2-1-5-13-29-19-20-11-14-28-15-12-20/h9-12,14-16,22-27,29-31H,1-8,13,17-19H2/b10-9+/t23-,24+,25-,26+,27+/m0/s1. The fourth-order valence-corrected chi connectivity index (χ4v) is 6.00. The van der Waals surface area contributed by atoms with Crippen LogP contribution in [0.1, 0.15) is 69.8 Å². The smallest absolute Gasteiger partial charge is 0.0749 e. The largest absolute Gasteiger partial charge is 0.392 e. The Bertz CT molecular complexity index is 726. The number of aliphatic hydroxyl groups is 2. The van der Waals surface area contributed by atoms with E-state index in [1.165, 1.54) is 44.1 Å². The van der Waals surface area contributed by atoms with Crippen LogP contribution in [-0.2, 0) is 6.54 Å². The lowest BCUT2D eigenvalue weighted by molar-refractivity contribution is 0.135. The summed E-state index contributed by atoms with van der Waals surface area (Å²) >= 11 is 0. The Morgan fingerprint density at radius 3 is 2.74 bits per heavy atom. The molecule has 3 aliphatic carbocycles. The summed E-state index contributed by atoms with van der Waals surface area (Å²) in [6.45, 7) is 1.98. The van der Waals surface area contributed by atoms with Gasteiger partial charge < -0.3 is 15.5 Å². The van der Waals surface area contributed by atoms with Crippen LogP contribution in [0.15, 0.2) is 48.3 Å². The van der Waals surface area contributed by atoms with Crippen molar-refractivity contribution >= 4 is 0 Å². The average molecular weight is 425 g/mol. The van der Waals surface area contributed by atoms with Crippen LogP contribution >= 0.6 is 0 Å². The summed E-state index contributed by atoms with van der Waals surface area (Å²) in [5.74, 6) is 1.72. The maximum Gasteiger partial charge on any atom is 0.0749 e. The van der Waals surface area contributed by atoms with Gasteiger partial charge in [0, 0.05) is 24.9 Å². The lowest BCUT2D eigenvalue weighted by atomic mass is 9.88. The van der Waals surface area contributed by atoms with Crippen LogP contribution in [0.4, 0.5) is 0 Å². The van der Waals surface area contributed by atoms with Crippen molar-refractivity contribution in [1.29, 1.82) is 0 Å². The quantitative estimate of drug-likeness (QED) is 0.353. The first kappa shape index (κ1) is 22.7. The van der Waals surface area contributed by atoms with Gasteiger partial charge in [0.1, 0.15) is 0 Å². The van der Waals surface area contributed by atoms with Gasteiger partial charge in [-0.3, -0.25) is 4.98 Å². The van der Waals surface area contributed by atoms with E-state index in [0.717, 1.165) is 38.8 Å². The number of rotatable bonds is 11. The van der Waals surface area contributed by atoms with Crippen molar-refractivity contribution in [3.63, 3.8) is 0 Å². The Morgan fingerprint density at radius 2 is 1.94 bits per heavy atom. The first-order valence-electron chi connectivity index (χ1n) is 12.5. The number of aromatic nitrogens is 1. The Morgan fingerprint density at radius 1 is 1.13 bits per heavy atom. The second kappa shape index (κ2) is 11.4. The van der Waals surface area contributed by atoms with Crippen LogP contribution in [0.3, 0.4) is 0 Å². The molecule has 4 rings (SSSR count). The predicted octanol–water partition coefficient (Wildman–Crippen LogP) is 4.78. The number of nitrogens with zero attached hydrogens (tertiary/aromatic N) is 1. The molecule has 5 atom stereocenters. The second-order valence-electron chi connectivity index (χ2n) is 10.0. The number of aliphatic hydroxyl groups excluding tert-OH is 2. The van der Waals surface area contributed by atoms with Gasteiger partial charge in [-0.05, 0) is 86.9 Å². The highest BCUT2D eigenvalue weighted by Gasteiger charge is 2.43. The van der Waals surface area contributed by atoms with E-state index < -0.39 is 0 Å². The van der Waals surface area contributed by atoms with Gasteiger partial charge in [-0.2, -0.15) is 0 Å². The van der Waals surface area contributed by atoms with Gasteiger partial charge in [-0.25, -0.2) is 0 Å². The zero-order chi connectivity index (χ0) is 21.5. The molecule has 0 unspecified atom stereocenters. The van der Waals surface area contributed by atoms with E-state index in [2.05, 4.69) is 34.6 Å². The third-order valence-electron chi connectivity index (χ3n) is 7.79. The maximum absolute atomic E-state index is 10.6. The fourth-order valence-electron chi connectivity index (χ4n) is 6.00. The summed E-state index contributed by atoms with van der Waals surface area (Å²) in [4.78, 5) is 4.05. The van der Waals surface area contributed by atoms with Crippen LogP contribution in [0, 0.1) is 23.7 Å². The van der Waals surface area contributed by atoms with Gasteiger partial charge >= 0.3 is 0 Å². The van der Waals surface area contributed by atoms with Gasteiger partial charge in [-0.1, -0.05) is 43.1 Å². The second-order valence-corrected chi connectivity index (χ2v) is 10.0. The number of pyridine rings is 1. The van der Waals surface area contributed by atoms with Crippen molar-refractivity contribution in [1.82, 2.24) is 10.3 Å². The molecule has 170 valence electrons. The molecule has 3 N–H and O–H groups in total. The molecule has 4 heteroatoms. The summed E-state index contributed by atoms with van der Waals surface area (Å²) in [5, 5.41) is 24.6. The number of fused-ring (bicyclic) bond motifs is 1. The average Bonchev–Trinajstić information content (AvgIpc) is 3.50. The van der Waals surface area contributed by atoms with Crippen LogP contribution in [0.25, 0.3) is 0 Å². The molecule has 4 nitrogen and oxygen atoms in total. The van der Waals surface area contributed by atoms with E-state index >= 15 is 0 Å².